The number of aliphatic imine (C=N–C) groups is 1. The average Bonchev–Trinajstić information content (AvgIpc) is 3.28. The van der Waals surface area contributed by atoms with Gasteiger partial charge in [-0.2, -0.15) is 4.99 Å². The molecule has 3 aliphatic rings. The van der Waals surface area contributed by atoms with Crippen LogP contribution >= 0.6 is 11.3 Å². The number of aromatic nitrogens is 3. The Hall–Kier alpha value is -2.91. The molecule has 2 aliphatic heterocycles. The number of anilines is 1. The molecule has 4 heterocycles. The van der Waals surface area contributed by atoms with Crippen LogP contribution in [0, 0.1) is 0 Å². The van der Waals surface area contributed by atoms with Crippen molar-refractivity contribution >= 4 is 28.8 Å². The summed E-state index contributed by atoms with van der Waals surface area (Å²) in [6.07, 6.45) is 3.49. The normalized spacial score (nSPS) is 18.3. The van der Waals surface area contributed by atoms with Gasteiger partial charge in [0.2, 0.25) is 5.96 Å². The van der Waals surface area contributed by atoms with Gasteiger partial charge in [-0.3, -0.25) is 4.79 Å². The van der Waals surface area contributed by atoms with Crippen LogP contribution in [0.4, 0.5) is 11.5 Å². The number of fused-ring (bicyclic) bond motifs is 3. The molecule has 0 unspecified atom stereocenters. The molecule has 1 aromatic carbocycles. The summed E-state index contributed by atoms with van der Waals surface area (Å²) < 4.78 is 3.70. The van der Waals surface area contributed by atoms with E-state index in [1.54, 1.807) is 16.0 Å². The predicted octanol–water partition coefficient (Wildman–Crippen LogP) is 4.65. The van der Waals surface area contributed by atoms with E-state index in [4.69, 9.17) is 9.98 Å². The first-order valence-corrected chi connectivity index (χ1v) is 13.7. The van der Waals surface area contributed by atoms with Crippen LogP contribution in [0.25, 0.3) is 5.82 Å². The Labute approximate surface area is 216 Å². The first-order valence-electron chi connectivity index (χ1n) is 12.9. The number of rotatable bonds is 3. The molecule has 2 aromatic heterocycles. The molecule has 9 heteroatoms. The fourth-order valence-corrected chi connectivity index (χ4v) is 6.27. The highest BCUT2D eigenvalue weighted by Gasteiger charge is 2.46. The van der Waals surface area contributed by atoms with Crippen LogP contribution in [0.1, 0.15) is 75.2 Å². The van der Waals surface area contributed by atoms with E-state index in [9.17, 15) is 4.79 Å². The lowest BCUT2D eigenvalue weighted by molar-refractivity contribution is 0.465. The zero-order chi connectivity index (χ0) is 25.4. The minimum absolute atomic E-state index is 0.00373. The lowest BCUT2D eigenvalue weighted by Crippen LogP contribution is -2.37. The Morgan fingerprint density at radius 3 is 2.67 bits per heavy atom. The van der Waals surface area contributed by atoms with Gasteiger partial charge in [-0.25, -0.2) is 14.3 Å². The van der Waals surface area contributed by atoms with Crippen LogP contribution in [-0.4, -0.2) is 38.8 Å². The lowest BCUT2D eigenvalue weighted by Gasteiger charge is -2.29. The van der Waals surface area contributed by atoms with Crippen LogP contribution in [0.2, 0.25) is 0 Å². The van der Waals surface area contributed by atoms with Gasteiger partial charge in [-0.15, -0.1) is 11.3 Å². The molecule has 3 aromatic rings. The van der Waals surface area contributed by atoms with Gasteiger partial charge in [-0.1, -0.05) is 26.8 Å². The Kier molecular flexibility index (Phi) is 5.25. The standard InChI is InChI=1S/C27H35N7OS/c1-16(2)33-23(35)19-14-32(6)25(31-22(19)34(33)21-15-36-24(30-21)26(3,4)5)29-18-7-8-20-17(13-18)9-12-28-27(20)10-11-27/h7-8,13,15-16,28H,9-12,14H2,1-6H3,(H,29,31). The average molecular weight is 506 g/mol. The molecule has 6 rings (SSSR count). The molecule has 0 saturated heterocycles. The van der Waals surface area contributed by atoms with E-state index < -0.39 is 0 Å². The maximum absolute atomic E-state index is 13.5. The molecule has 2 N–H and O–H groups in total. The molecule has 1 spiro atoms. The number of hydrogen-bond donors (Lipinski definition) is 2. The second kappa shape index (κ2) is 8.05. The Morgan fingerprint density at radius 1 is 1.22 bits per heavy atom. The SMILES string of the molecule is CC(C)n1c(=O)c2c(n1-c1csc(C(C)(C)C)n1)N=C(Nc1ccc3c(c1)CCNC31CC1)N(C)C2. The van der Waals surface area contributed by atoms with Gasteiger partial charge in [0.25, 0.3) is 5.56 Å². The molecule has 1 saturated carbocycles. The highest BCUT2D eigenvalue weighted by molar-refractivity contribution is 7.10. The minimum atomic E-state index is -0.0592. The van der Waals surface area contributed by atoms with E-state index in [1.807, 2.05) is 35.9 Å². The molecule has 36 heavy (non-hydrogen) atoms. The van der Waals surface area contributed by atoms with Gasteiger partial charge in [0.05, 0.1) is 12.1 Å². The van der Waals surface area contributed by atoms with Crippen molar-refractivity contribution in [1.29, 1.82) is 0 Å². The summed E-state index contributed by atoms with van der Waals surface area (Å²) in [7, 11) is 1.98. The number of guanidine groups is 1. The van der Waals surface area contributed by atoms with Crippen LogP contribution in [0.5, 0.6) is 0 Å². The molecule has 1 fully saturated rings. The molecule has 0 atom stereocenters. The molecule has 0 radical (unpaired) electrons. The smallest absolute Gasteiger partial charge is 0.274 e. The van der Waals surface area contributed by atoms with Crippen molar-refractivity contribution in [3.63, 3.8) is 0 Å². The molecule has 0 bridgehead atoms. The molecule has 0 amide bonds. The molecule has 190 valence electrons. The van der Waals surface area contributed by atoms with Gasteiger partial charge >= 0.3 is 0 Å². The number of nitrogens with one attached hydrogen (secondary N) is 2. The largest absolute Gasteiger partial charge is 0.341 e. The Bertz CT molecular complexity index is 1430. The third-order valence-corrected chi connectivity index (χ3v) is 8.70. The van der Waals surface area contributed by atoms with Gasteiger partial charge in [0, 0.05) is 41.7 Å². The van der Waals surface area contributed by atoms with E-state index in [2.05, 4.69) is 49.6 Å². The van der Waals surface area contributed by atoms with Crippen molar-refractivity contribution in [2.45, 2.75) is 77.4 Å². The van der Waals surface area contributed by atoms with Gasteiger partial charge in [0.15, 0.2) is 11.6 Å². The highest BCUT2D eigenvalue weighted by atomic mass is 32.1. The van der Waals surface area contributed by atoms with Gasteiger partial charge in [-0.05, 0) is 56.4 Å². The van der Waals surface area contributed by atoms with Crippen molar-refractivity contribution < 1.29 is 0 Å². The van der Waals surface area contributed by atoms with E-state index in [0.29, 0.717) is 17.9 Å². The van der Waals surface area contributed by atoms with Crippen molar-refractivity contribution in [1.82, 2.24) is 24.6 Å². The third-order valence-electron chi connectivity index (χ3n) is 7.45. The zero-order valence-electron chi connectivity index (χ0n) is 22.0. The van der Waals surface area contributed by atoms with Crippen molar-refractivity contribution in [2.24, 2.45) is 4.99 Å². The van der Waals surface area contributed by atoms with Crippen LogP contribution in [0.3, 0.4) is 0 Å². The summed E-state index contributed by atoms with van der Waals surface area (Å²) in [6.45, 7) is 12.1. The highest BCUT2D eigenvalue weighted by Crippen LogP contribution is 2.49. The lowest BCUT2D eigenvalue weighted by atomic mass is 9.92. The first kappa shape index (κ1) is 23.5. The summed E-state index contributed by atoms with van der Waals surface area (Å²) in [5.74, 6) is 2.15. The maximum Gasteiger partial charge on any atom is 0.274 e. The summed E-state index contributed by atoms with van der Waals surface area (Å²) in [5, 5.41) is 10.3. The summed E-state index contributed by atoms with van der Waals surface area (Å²) in [5.41, 5.74) is 4.75. The van der Waals surface area contributed by atoms with Gasteiger partial charge < -0.3 is 15.5 Å². The molecule has 8 nitrogen and oxygen atoms in total. The molecular formula is C27H35N7OS. The van der Waals surface area contributed by atoms with Crippen molar-refractivity contribution in [3.05, 3.63) is 55.6 Å². The minimum Gasteiger partial charge on any atom is -0.341 e. The molecular weight excluding hydrogens is 470 g/mol. The third kappa shape index (κ3) is 3.71. The second-order valence-electron chi connectivity index (χ2n) is 11.7. The summed E-state index contributed by atoms with van der Waals surface area (Å²) in [6, 6.07) is 6.66. The van der Waals surface area contributed by atoms with Crippen LogP contribution in [0.15, 0.2) is 33.4 Å². The van der Waals surface area contributed by atoms with Crippen molar-refractivity contribution in [2.75, 3.05) is 18.9 Å². The summed E-state index contributed by atoms with van der Waals surface area (Å²) in [4.78, 5) is 25.4. The monoisotopic (exact) mass is 505 g/mol. The van der Waals surface area contributed by atoms with E-state index in [-0.39, 0.29) is 22.6 Å². The predicted molar refractivity (Wildman–Crippen MR) is 146 cm³/mol. The number of hydrogen-bond acceptors (Lipinski definition) is 7. The number of nitrogens with zero attached hydrogens (tertiary/aromatic N) is 5. The number of thiazole rings is 1. The summed E-state index contributed by atoms with van der Waals surface area (Å²) >= 11 is 1.63. The van der Waals surface area contributed by atoms with E-state index in [1.165, 1.54) is 24.0 Å². The topological polar surface area (TPSA) is 79.5 Å². The zero-order valence-corrected chi connectivity index (χ0v) is 22.8. The van der Waals surface area contributed by atoms with Gasteiger partial charge in [0.1, 0.15) is 5.01 Å². The molecule has 1 aliphatic carbocycles. The second-order valence-corrected chi connectivity index (χ2v) is 12.5. The quantitative estimate of drug-likeness (QED) is 0.542. The van der Waals surface area contributed by atoms with Crippen molar-refractivity contribution in [3.8, 4) is 5.82 Å². The van der Waals surface area contributed by atoms with Crippen LogP contribution < -0.4 is 16.2 Å². The number of benzene rings is 1. The van der Waals surface area contributed by atoms with Crippen LogP contribution in [-0.2, 0) is 23.9 Å². The first-order chi connectivity index (χ1) is 17.1. The van der Waals surface area contributed by atoms with E-state index in [0.717, 1.165) is 35.4 Å². The fraction of sp³-hybridized carbons (Fsp3) is 0.519. The Balaban J connectivity index is 1.41. The van der Waals surface area contributed by atoms with E-state index >= 15 is 0 Å². The fourth-order valence-electron chi connectivity index (χ4n) is 5.40. The maximum atomic E-state index is 13.5. The Morgan fingerprint density at radius 2 is 2.00 bits per heavy atom.